The summed E-state index contributed by atoms with van der Waals surface area (Å²) in [5.74, 6) is 1.22. The van der Waals surface area contributed by atoms with Gasteiger partial charge in [0.2, 0.25) is 0 Å². The normalized spacial score (nSPS) is 16.4. The summed E-state index contributed by atoms with van der Waals surface area (Å²) >= 11 is 0. The van der Waals surface area contributed by atoms with E-state index in [-0.39, 0.29) is 24.8 Å². The van der Waals surface area contributed by atoms with Crippen molar-refractivity contribution in [3.05, 3.63) is 24.2 Å². The third-order valence-electron chi connectivity index (χ3n) is 4.64. The average Bonchev–Trinajstić information content (AvgIpc) is 2.86. The molecule has 0 spiro atoms. The van der Waals surface area contributed by atoms with E-state index in [1.54, 1.807) is 6.20 Å². The first-order chi connectivity index (χ1) is 11.1. The fourth-order valence-corrected chi connectivity index (χ4v) is 3.37. The second-order valence-corrected chi connectivity index (χ2v) is 6.28. The van der Waals surface area contributed by atoms with Gasteiger partial charge in [-0.15, -0.1) is 24.8 Å². The molecule has 1 saturated heterocycles. The number of imidazole rings is 1. The smallest absolute Gasteiger partial charge is 0.152 e. The van der Waals surface area contributed by atoms with Crippen LogP contribution < -0.4 is 11.1 Å². The van der Waals surface area contributed by atoms with E-state index in [2.05, 4.69) is 20.3 Å². The minimum atomic E-state index is -0.733. The molecule has 0 aromatic carbocycles. The van der Waals surface area contributed by atoms with Gasteiger partial charge in [-0.3, -0.25) is 4.98 Å². The van der Waals surface area contributed by atoms with Crippen LogP contribution in [0, 0.1) is 6.92 Å². The van der Waals surface area contributed by atoms with E-state index >= 15 is 0 Å². The molecule has 136 valence electrons. The van der Waals surface area contributed by atoms with Crippen LogP contribution in [0.15, 0.2) is 18.3 Å². The minimum Gasteiger partial charge on any atom is -0.388 e. The van der Waals surface area contributed by atoms with Crippen molar-refractivity contribution < 1.29 is 5.11 Å². The molecule has 3 aromatic heterocycles. The summed E-state index contributed by atoms with van der Waals surface area (Å²) in [4.78, 5) is 13.4. The standard InChI is InChI=1S/C16H20N6O.2ClH/c1-10-20-13-14(12-11(21-15(13)17)3-2-6-19-12)22(10)9-16(23)4-7-18-8-5-16;;/h2-3,6,18,23H,4-5,7-9H2,1H3,(H2,17,21);2*1H. The number of aliphatic hydroxyl groups is 1. The van der Waals surface area contributed by atoms with Crippen LogP contribution in [0.3, 0.4) is 0 Å². The van der Waals surface area contributed by atoms with Crippen molar-refractivity contribution in [1.82, 2.24) is 24.8 Å². The number of nitrogens with two attached hydrogens (primary N) is 1. The Bertz CT molecular complexity index is 891. The maximum absolute atomic E-state index is 10.9. The van der Waals surface area contributed by atoms with Crippen LogP contribution in [0.1, 0.15) is 18.7 Å². The summed E-state index contributed by atoms with van der Waals surface area (Å²) < 4.78 is 2.04. The molecule has 0 saturated carbocycles. The van der Waals surface area contributed by atoms with E-state index < -0.39 is 5.60 Å². The molecule has 1 aliphatic heterocycles. The number of nitrogen functional groups attached to an aromatic ring is 1. The first-order valence-electron chi connectivity index (χ1n) is 7.88. The van der Waals surface area contributed by atoms with E-state index in [4.69, 9.17) is 5.73 Å². The summed E-state index contributed by atoms with van der Waals surface area (Å²) in [6, 6.07) is 3.73. The van der Waals surface area contributed by atoms with Gasteiger partial charge in [-0.05, 0) is 45.0 Å². The quantitative estimate of drug-likeness (QED) is 0.622. The summed E-state index contributed by atoms with van der Waals surface area (Å²) in [6.45, 7) is 4.07. The highest BCUT2D eigenvalue weighted by Gasteiger charge is 2.31. The highest BCUT2D eigenvalue weighted by atomic mass is 35.5. The van der Waals surface area contributed by atoms with E-state index in [9.17, 15) is 5.11 Å². The zero-order valence-electron chi connectivity index (χ0n) is 13.9. The fraction of sp³-hybridized carbons (Fsp3) is 0.438. The number of aryl methyl sites for hydroxylation is 1. The summed E-state index contributed by atoms with van der Waals surface area (Å²) in [7, 11) is 0. The maximum atomic E-state index is 10.9. The van der Waals surface area contributed by atoms with Gasteiger partial charge >= 0.3 is 0 Å². The Kier molecular flexibility index (Phi) is 5.73. The lowest BCUT2D eigenvalue weighted by molar-refractivity contribution is -0.00485. The number of hydrogen-bond acceptors (Lipinski definition) is 6. The molecule has 1 fully saturated rings. The Morgan fingerprint density at radius 3 is 2.68 bits per heavy atom. The predicted octanol–water partition coefficient (Wildman–Crippen LogP) is 1.83. The topological polar surface area (TPSA) is 102 Å². The van der Waals surface area contributed by atoms with Gasteiger partial charge < -0.3 is 20.7 Å². The number of fused-ring (bicyclic) bond motifs is 3. The third kappa shape index (κ3) is 3.37. The number of halogens is 2. The summed E-state index contributed by atoms with van der Waals surface area (Å²) in [5.41, 5.74) is 8.39. The first-order valence-corrected chi connectivity index (χ1v) is 7.88. The maximum Gasteiger partial charge on any atom is 0.152 e. The molecule has 0 atom stereocenters. The lowest BCUT2D eigenvalue weighted by atomic mass is 9.92. The van der Waals surface area contributed by atoms with Crippen LogP contribution >= 0.6 is 24.8 Å². The molecule has 7 nitrogen and oxygen atoms in total. The Labute approximate surface area is 157 Å². The zero-order chi connectivity index (χ0) is 16.0. The van der Waals surface area contributed by atoms with Crippen molar-refractivity contribution >= 4 is 52.7 Å². The number of aromatic nitrogens is 4. The van der Waals surface area contributed by atoms with Crippen LogP contribution in [0.2, 0.25) is 0 Å². The fourth-order valence-electron chi connectivity index (χ4n) is 3.37. The second kappa shape index (κ2) is 7.29. The SMILES string of the molecule is Cc1nc2c(N)nc3cccnc3c2n1CC1(O)CCNCC1.Cl.Cl. The number of piperidine rings is 1. The second-order valence-electron chi connectivity index (χ2n) is 6.28. The third-order valence-corrected chi connectivity index (χ3v) is 4.64. The van der Waals surface area contributed by atoms with Crippen LogP contribution in [0.5, 0.6) is 0 Å². The number of nitrogens with one attached hydrogen (secondary N) is 1. The lowest BCUT2D eigenvalue weighted by Gasteiger charge is -2.33. The molecule has 0 radical (unpaired) electrons. The number of pyridine rings is 2. The van der Waals surface area contributed by atoms with Gasteiger partial charge in [0, 0.05) is 6.20 Å². The monoisotopic (exact) mass is 384 g/mol. The molecule has 0 bridgehead atoms. The largest absolute Gasteiger partial charge is 0.388 e. The van der Waals surface area contributed by atoms with Crippen molar-refractivity contribution in [1.29, 1.82) is 0 Å². The van der Waals surface area contributed by atoms with Crippen LogP contribution in [-0.4, -0.2) is 43.3 Å². The molecule has 0 amide bonds. The first kappa shape index (κ1) is 19.7. The molecular formula is C16H22Cl2N6O. The minimum absolute atomic E-state index is 0. The molecule has 0 aliphatic carbocycles. The lowest BCUT2D eigenvalue weighted by Crippen LogP contribution is -2.44. The number of nitrogens with zero attached hydrogens (tertiary/aromatic N) is 4. The van der Waals surface area contributed by atoms with Crippen molar-refractivity contribution in [2.45, 2.75) is 31.9 Å². The molecular weight excluding hydrogens is 363 g/mol. The Hall–Kier alpha value is -1.67. The average molecular weight is 385 g/mol. The molecule has 4 N–H and O–H groups in total. The van der Waals surface area contributed by atoms with Crippen LogP contribution in [0.25, 0.3) is 22.1 Å². The Morgan fingerprint density at radius 1 is 1.24 bits per heavy atom. The van der Waals surface area contributed by atoms with Gasteiger partial charge in [0.15, 0.2) is 5.82 Å². The molecule has 9 heteroatoms. The van der Waals surface area contributed by atoms with E-state index in [1.807, 2.05) is 23.6 Å². The number of anilines is 1. The van der Waals surface area contributed by atoms with Gasteiger partial charge in [-0.2, -0.15) is 0 Å². The number of rotatable bonds is 2. The van der Waals surface area contributed by atoms with Gasteiger partial charge in [0.05, 0.1) is 17.7 Å². The van der Waals surface area contributed by atoms with Crippen molar-refractivity contribution in [2.75, 3.05) is 18.8 Å². The van der Waals surface area contributed by atoms with Gasteiger partial charge in [-0.1, -0.05) is 0 Å². The van der Waals surface area contributed by atoms with Crippen molar-refractivity contribution in [3.63, 3.8) is 0 Å². The van der Waals surface area contributed by atoms with Gasteiger partial charge in [0.1, 0.15) is 22.4 Å². The highest BCUT2D eigenvalue weighted by molar-refractivity contribution is 6.04. The molecule has 0 unspecified atom stereocenters. The van der Waals surface area contributed by atoms with Crippen LogP contribution in [0.4, 0.5) is 5.82 Å². The summed E-state index contributed by atoms with van der Waals surface area (Å²) in [5, 5.41) is 14.2. The van der Waals surface area contributed by atoms with Crippen LogP contribution in [-0.2, 0) is 6.54 Å². The van der Waals surface area contributed by atoms with E-state index in [1.165, 1.54) is 0 Å². The van der Waals surface area contributed by atoms with Crippen molar-refractivity contribution in [2.24, 2.45) is 0 Å². The summed E-state index contributed by atoms with van der Waals surface area (Å²) in [6.07, 6.45) is 3.18. The van der Waals surface area contributed by atoms with Gasteiger partial charge in [0.25, 0.3) is 0 Å². The zero-order valence-corrected chi connectivity index (χ0v) is 15.5. The van der Waals surface area contributed by atoms with Crippen molar-refractivity contribution in [3.8, 4) is 0 Å². The van der Waals surface area contributed by atoms with Gasteiger partial charge in [-0.25, -0.2) is 9.97 Å². The van der Waals surface area contributed by atoms with E-state index in [0.717, 1.165) is 48.3 Å². The molecule has 4 heterocycles. The van der Waals surface area contributed by atoms with E-state index in [0.29, 0.717) is 17.9 Å². The molecule has 25 heavy (non-hydrogen) atoms. The number of hydrogen-bond donors (Lipinski definition) is 3. The molecule has 1 aliphatic rings. The Morgan fingerprint density at radius 2 is 1.96 bits per heavy atom. The highest BCUT2D eigenvalue weighted by Crippen LogP contribution is 2.30. The molecule has 4 rings (SSSR count). The Balaban J connectivity index is 0.00000113. The predicted molar refractivity (Wildman–Crippen MR) is 104 cm³/mol. The molecule has 3 aromatic rings.